The predicted octanol–water partition coefficient (Wildman–Crippen LogP) is 2.17. The fourth-order valence-corrected chi connectivity index (χ4v) is 2.71. The van der Waals surface area contributed by atoms with Crippen molar-refractivity contribution < 1.29 is 9.53 Å². The molecule has 1 aromatic carbocycles. The van der Waals surface area contributed by atoms with Gasteiger partial charge in [0.2, 0.25) is 0 Å². The second kappa shape index (κ2) is 6.11. The second-order valence-electron chi connectivity index (χ2n) is 4.30. The predicted molar refractivity (Wildman–Crippen MR) is 72.9 cm³/mol. The average Bonchev–Trinajstić information content (AvgIpc) is 2.81. The molecule has 1 aromatic rings. The molecule has 2 N–H and O–H groups in total. The van der Waals surface area contributed by atoms with Gasteiger partial charge in [-0.1, -0.05) is 12.1 Å². The van der Waals surface area contributed by atoms with Crippen molar-refractivity contribution in [1.29, 1.82) is 0 Å². The van der Waals surface area contributed by atoms with E-state index in [2.05, 4.69) is 41.8 Å². The maximum Gasteiger partial charge on any atom is 0.407 e. The van der Waals surface area contributed by atoms with Crippen LogP contribution in [0.5, 0.6) is 0 Å². The maximum absolute atomic E-state index is 10.9. The highest BCUT2D eigenvalue weighted by atomic mass is 32.2. The van der Waals surface area contributed by atoms with Crippen molar-refractivity contribution in [2.75, 3.05) is 19.3 Å². The molecule has 1 aliphatic heterocycles. The van der Waals surface area contributed by atoms with E-state index in [1.54, 1.807) is 11.8 Å². The zero-order chi connectivity index (χ0) is 13.0. The van der Waals surface area contributed by atoms with Gasteiger partial charge in [-0.2, -0.15) is 0 Å². The summed E-state index contributed by atoms with van der Waals surface area (Å²) in [5.41, 5.74) is 1.27. The van der Waals surface area contributed by atoms with Gasteiger partial charge in [-0.3, -0.25) is 0 Å². The first-order valence-corrected chi connectivity index (χ1v) is 7.02. The zero-order valence-corrected chi connectivity index (χ0v) is 11.4. The highest BCUT2D eigenvalue weighted by molar-refractivity contribution is 7.99. The van der Waals surface area contributed by atoms with Crippen molar-refractivity contribution >= 4 is 17.9 Å². The molecule has 5 heteroatoms. The first-order valence-electron chi connectivity index (χ1n) is 6.03. The molecule has 2 unspecified atom stereocenters. The summed E-state index contributed by atoms with van der Waals surface area (Å²) in [5, 5.41) is 5.88. The van der Waals surface area contributed by atoms with Gasteiger partial charge < -0.3 is 15.4 Å². The first-order chi connectivity index (χ1) is 8.69. The Labute approximate surface area is 111 Å². The minimum atomic E-state index is -0.307. The number of amides is 1. The molecule has 2 atom stereocenters. The molecule has 0 saturated carbocycles. The number of nitrogens with one attached hydrogen (secondary N) is 2. The van der Waals surface area contributed by atoms with E-state index in [1.807, 2.05) is 7.05 Å². The van der Waals surface area contributed by atoms with E-state index in [1.165, 1.54) is 10.5 Å². The lowest BCUT2D eigenvalue weighted by Gasteiger charge is -2.12. The Kier molecular flexibility index (Phi) is 4.49. The molecule has 0 radical (unpaired) electrons. The number of carbonyl (C=O) groups excluding carboxylic acids is 1. The van der Waals surface area contributed by atoms with Crippen LogP contribution < -0.4 is 10.6 Å². The number of rotatable bonds is 5. The van der Waals surface area contributed by atoms with E-state index in [0.717, 1.165) is 5.75 Å². The van der Waals surface area contributed by atoms with Crippen molar-refractivity contribution in [1.82, 2.24) is 10.6 Å². The van der Waals surface area contributed by atoms with Crippen LogP contribution in [0.25, 0.3) is 0 Å². The van der Waals surface area contributed by atoms with E-state index in [-0.39, 0.29) is 12.2 Å². The van der Waals surface area contributed by atoms with Crippen LogP contribution in [0, 0.1) is 0 Å². The maximum atomic E-state index is 10.9. The van der Waals surface area contributed by atoms with Crippen LogP contribution in [0.1, 0.15) is 18.5 Å². The third-order valence-electron chi connectivity index (χ3n) is 2.97. The highest BCUT2D eigenvalue weighted by Gasteiger charge is 2.22. The van der Waals surface area contributed by atoms with Crippen LogP contribution in [-0.4, -0.2) is 31.5 Å². The molecule has 4 nitrogen and oxygen atoms in total. The summed E-state index contributed by atoms with van der Waals surface area (Å²) in [6.07, 6.45) is -0.328. The topological polar surface area (TPSA) is 50.4 Å². The molecule has 1 aliphatic rings. The molecular weight excluding hydrogens is 248 g/mol. The minimum Gasteiger partial charge on any atom is -0.443 e. The van der Waals surface area contributed by atoms with E-state index in [0.29, 0.717) is 12.6 Å². The summed E-state index contributed by atoms with van der Waals surface area (Å²) < 4.78 is 5.10. The van der Waals surface area contributed by atoms with Gasteiger partial charge in [0.05, 0.1) is 6.54 Å². The summed E-state index contributed by atoms with van der Waals surface area (Å²) >= 11 is 1.72. The molecule has 0 aromatic heterocycles. The number of cyclic esters (lactones) is 1. The number of ether oxygens (including phenoxy) is 1. The van der Waals surface area contributed by atoms with Gasteiger partial charge in [0.1, 0.15) is 6.10 Å². The van der Waals surface area contributed by atoms with Crippen molar-refractivity contribution in [3.05, 3.63) is 29.8 Å². The fourth-order valence-electron chi connectivity index (χ4n) is 1.75. The van der Waals surface area contributed by atoms with Crippen LogP contribution in [0.3, 0.4) is 0 Å². The third-order valence-corrected chi connectivity index (χ3v) is 4.10. The third kappa shape index (κ3) is 3.40. The molecule has 1 heterocycles. The van der Waals surface area contributed by atoms with Crippen molar-refractivity contribution in [3.8, 4) is 0 Å². The molecule has 18 heavy (non-hydrogen) atoms. The number of alkyl carbamates (subject to hydrolysis) is 1. The highest BCUT2D eigenvalue weighted by Crippen LogP contribution is 2.24. The Morgan fingerprint density at radius 3 is 3.11 bits per heavy atom. The molecule has 1 saturated heterocycles. The van der Waals surface area contributed by atoms with Gasteiger partial charge in [0, 0.05) is 16.7 Å². The zero-order valence-electron chi connectivity index (χ0n) is 10.6. The lowest BCUT2D eigenvalue weighted by molar-refractivity contribution is 0.150. The Balaban J connectivity index is 1.91. The summed E-state index contributed by atoms with van der Waals surface area (Å²) in [7, 11) is 1.95. The van der Waals surface area contributed by atoms with Crippen LogP contribution in [0.2, 0.25) is 0 Å². The largest absolute Gasteiger partial charge is 0.443 e. The van der Waals surface area contributed by atoms with Gasteiger partial charge >= 0.3 is 6.09 Å². The average molecular weight is 266 g/mol. The monoisotopic (exact) mass is 266 g/mol. The smallest absolute Gasteiger partial charge is 0.407 e. The van der Waals surface area contributed by atoms with E-state index < -0.39 is 0 Å². The standard InChI is InChI=1S/C13H18N2O2S/c1-9(14-2)10-4-3-5-12(6-10)18-8-11-7-15-13(16)17-11/h3-6,9,11,14H,7-8H2,1-2H3,(H,15,16). The van der Waals surface area contributed by atoms with Gasteiger partial charge in [0.15, 0.2) is 0 Å². The van der Waals surface area contributed by atoms with E-state index in [9.17, 15) is 4.79 Å². The minimum absolute atomic E-state index is 0.0205. The SMILES string of the molecule is CNC(C)c1cccc(SCC2CNC(=O)O2)c1. The number of hydrogen-bond donors (Lipinski definition) is 2. The Morgan fingerprint density at radius 2 is 2.44 bits per heavy atom. The van der Waals surface area contributed by atoms with Gasteiger partial charge in [0.25, 0.3) is 0 Å². The lowest BCUT2D eigenvalue weighted by Crippen LogP contribution is -2.16. The van der Waals surface area contributed by atoms with E-state index >= 15 is 0 Å². The van der Waals surface area contributed by atoms with Gasteiger partial charge in [-0.25, -0.2) is 4.79 Å². The van der Waals surface area contributed by atoms with Crippen LogP contribution >= 0.6 is 11.8 Å². The summed E-state index contributed by atoms with van der Waals surface area (Å²) in [4.78, 5) is 12.1. The molecule has 1 fully saturated rings. The Bertz CT molecular complexity index is 425. The Hall–Kier alpha value is -1.20. The van der Waals surface area contributed by atoms with Gasteiger partial charge in [-0.05, 0) is 31.7 Å². The number of carbonyl (C=O) groups is 1. The number of benzene rings is 1. The number of thioether (sulfide) groups is 1. The molecule has 0 spiro atoms. The van der Waals surface area contributed by atoms with Gasteiger partial charge in [-0.15, -0.1) is 11.8 Å². The number of hydrogen-bond acceptors (Lipinski definition) is 4. The molecule has 2 rings (SSSR count). The second-order valence-corrected chi connectivity index (χ2v) is 5.40. The quantitative estimate of drug-likeness (QED) is 0.802. The molecule has 0 aliphatic carbocycles. The van der Waals surface area contributed by atoms with Crippen LogP contribution in [0.4, 0.5) is 4.79 Å². The molecule has 1 amide bonds. The summed E-state index contributed by atoms with van der Waals surface area (Å²) in [6.45, 7) is 2.74. The van der Waals surface area contributed by atoms with Crippen LogP contribution in [0.15, 0.2) is 29.2 Å². The van der Waals surface area contributed by atoms with Crippen molar-refractivity contribution in [2.24, 2.45) is 0 Å². The molecule has 98 valence electrons. The normalized spacial score (nSPS) is 20.3. The lowest BCUT2D eigenvalue weighted by atomic mass is 10.1. The van der Waals surface area contributed by atoms with Crippen molar-refractivity contribution in [2.45, 2.75) is 24.0 Å². The summed E-state index contributed by atoms with van der Waals surface area (Å²) in [5.74, 6) is 0.788. The van der Waals surface area contributed by atoms with Crippen molar-refractivity contribution in [3.63, 3.8) is 0 Å². The van der Waals surface area contributed by atoms with E-state index in [4.69, 9.17) is 4.74 Å². The summed E-state index contributed by atoms with van der Waals surface area (Å²) in [6, 6.07) is 8.78. The van der Waals surface area contributed by atoms with Crippen LogP contribution in [-0.2, 0) is 4.74 Å². The molecule has 0 bridgehead atoms. The Morgan fingerprint density at radius 1 is 1.61 bits per heavy atom. The first kappa shape index (κ1) is 13.2. The fraction of sp³-hybridized carbons (Fsp3) is 0.462. The molecular formula is C13H18N2O2S.